The number of aromatic nitrogens is 2. The molecule has 1 aliphatic heterocycles. The van der Waals surface area contributed by atoms with E-state index in [1.165, 1.54) is 4.88 Å². The van der Waals surface area contributed by atoms with Gasteiger partial charge in [0, 0.05) is 16.8 Å². The molecule has 1 amide bonds. The highest BCUT2D eigenvalue weighted by atomic mass is 32.1. The Kier molecular flexibility index (Phi) is 4.41. The van der Waals surface area contributed by atoms with Crippen molar-refractivity contribution in [3.05, 3.63) is 44.8 Å². The topological polar surface area (TPSA) is 68.5 Å². The van der Waals surface area contributed by atoms with E-state index in [0.717, 1.165) is 16.0 Å². The molecule has 3 aromatic rings. The first-order valence-electron chi connectivity index (χ1n) is 7.96. The molecule has 4 rings (SSSR count). The summed E-state index contributed by atoms with van der Waals surface area (Å²) in [7, 11) is 0. The van der Waals surface area contributed by atoms with E-state index in [0.29, 0.717) is 31.4 Å². The van der Waals surface area contributed by atoms with Crippen molar-refractivity contribution < 1.29 is 14.1 Å². The molecule has 0 saturated carbocycles. The zero-order valence-electron chi connectivity index (χ0n) is 13.9. The lowest BCUT2D eigenvalue weighted by molar-refractivity contribution is -0.0367. The molecular weight excluding hydrogens is 358 g/mol. The monoisotopic (exact) mass is 375 g/mol. The smallest absolute Gasteiger partial charge is 0.257 e. The van der Waals surface area contributed by atoms with Crippen molar-refractivity contribution in [2.45, 2.75) is 20.0 Å². The second-order valence-corrected chi connectivity index (χ2v) is 7.91. The van der Waals surface area contributed by atoms with Gasteiger partial charge >= 0.3 is 0 Å². The van der Waals surface area contributed by atoms with Crippen molar-refractivity contribution in [3.8, 4) is 10.7 Å². The van der Waals surface area contributed by atoms with Gasteiger partial charge in [-0.3, -0.25) is 4.79 Å². The number of rotatable bonds is 3. The van der Waals surface area contributed by atoms with Gasteiger partial charge < -0.3 is 14.2 Å². The van der Waals surface area contributed by atoms with Gasteiger partial charge in [0.2, 0.25) is 5.82 Å². The fourth-order valence-electron chi connectivity index (χ4n) is 2.75. The lowest BCUT2D eigenvalue weighted by Crippen LogP contribution is -2.42. The summed E-state index contributed by atoms with van der Waals surface area (Å²) in [6.07, 6.45) is -0.390. The number of ether oxygens (including phenoxy) is 1. The number of thiophene rings is 2. The number of morpholine rings is 1. The lowest BCUT2D eigenvalue weighted by Gasteiger charge is -2.31. The second kappa shape index (κ2) is 6.70. The second-order valence-electron chi connectivity index (χ2n) is 5.87. The fraction of sp³-hybridized carbons (Fsp3) is 0.353. The minimum Gasteiger partial charge on any atom is -0.365 e. The third-order valence-electron chi connectivity index (χ3n) is 4.33. The number of carbonyl (C=O) groups excluding carboxylic acids is 1. The summed E-state index contributed by atoms with van der Waals surface area (Å²) < 4.78 is 11.1. The molecule has 1 aliphatic rings. The summed E-state index contributed by atoms with van der Waals surface area (Å²) in [6, 6.07) is 3.89. The van der Waals surface area contributed by atoms with Crippen LogP contribution in [0.1, 0.15) is 32.8 Å². The molecule has 6 nitrogen and oxygen atoms in total. The summed E-state index contributed by atoms with van der Waals surface area (Å²) >= 11 is 3.16. The number of nitrogens with zero attached hydrogens (tertiary/aromatic N) is 3. The zero-order valence-corrected chi connectivity index (χ0v) is 15.5. The average molecular weight is 375 g/mol. The molecule has 0 aromatic carbocycles. The first-order chi connectivity index (χ1) is 12.1. The van der Waals surface area contributed by atoms with E-state index in [-0.39, 0.29) is 12.0 Å². The van der Waals surface area contributed by atoms with Crippen LogP contribution in [0.15, 0.2) is 27.4 Å². The maximum atomic E-state index is 12.8. The Balaban J connectivity index is 1.51. The molecule has 0 bridgehead atoms. The van der Waals surface area contributed by atoms with Crippen molar-refractivity contribution in [1.29, 1.82) is 0 Å². The molecule has 130 valence electrons. The molecule has 1 fully saturated rings. The molecule has 4 heterocycles. The Labute approximate surface area is 153 Å². The van der Waals surface area contributed by atoms with E-state index in [1.54, 1.807) is 27.6 Å². The van der Waals surface area contributed by atoms with Crippen LogP contribution in [0.3, 0.4) is 0 Å². The normalized spacial score (nSPS) is 17.8. The molecule has 0 radical (unpaired) electrons. The number of carbonyl (C=O) groups is 1. The summed E-state index contributed by atoms with van der Waals surface area (Å²) in [6.45, 7) is 5.45. The Bertz CT molecular complexity index is 885. The van der Waals surface area contributed by atoms with Gasteiger partial charge in [-0.05, 0) is 30.9 Å². The summed E-state index contributed by atoms with van der Waals surface area (Å²) in [5, 5.41) is 7.92. The largest absolute Gasteiger partial charge is 0.365 e. The average Bonchev–Trinajstić information content (AvgIpc) is 3.37. The van der Waals surface area contributed by atoms with Crippen molar-refractivity contribution in [2.24, 2.45) is 0 Å². The summed E-state index contributed by atoms with van der Waals surface area (Å²) in [5.41, 5.74) is 1.82. The Hall–Kier alpha value is -2.03. The van der Waals surface area contributed by atoms with Crippen LogP contribution in [0.4, 0.5) is 0 Å². The van der Waals surface area contributed by atoms with Crippen LogP contribution >= 0.6 is 22.7 Å². The van der Waals surface area contributed by atoms with Gasteiger partial charge in [0.05, 0.1) is 23.6 Å². The molecule has 0 aliphatic carbocycles. The quantitative estimate of drug-likeness (QED) is 0.698. The van der Waals surface area contributed by atoms with Crippen LogP contribution < -0.4 is 0 Å². The van der Waals surface area contributed by atoms with Crippen molar-refractivity contribution >= 4 is 28.6 Å². The predicted molar refractivity (Wildman–Crippen MR) is 96.0 cm³/mol. The van der Waals surface area contributed by atoms with Crippen LogP contribution in [-0.4, -0.2) is 40.6 Å². The lowest BCUT2D eigenvalue weighted by atomic mass is 10.1. The van der Waals surface area contributed by atoms with Crippen molar-refractivity contribution in [3.63, 3.8) is 0 Å². The number of amides is 1. The SMILES string of the molecule is Cc1scc(C(=O)N2CCO[C@H](c3nc(-c4cccs4)no3)C2)c1C. The third-order valence-corrected chi connectivity index (χ3v) is 6.21. The van der Waals surface area contributed by atoms with Crippen LogP contribution in [-0.2, 0) is 4.74 Å². The standard InChI is InChI=1S/C17H17N3O3S2/c1-10-11(2)25-9-12(10)17(21)20-5-6-22-13(8-20)16-18-15(19-23-16)14-4-3-7-24-14/h3-4,7,9,13H,5-6,8H2,1-2H3/t13-/m0/s1. The molecule has 1 saturated heterocycles. The molecule has 0 spiro atoms. The maximum absolute atomic E-state index is 12.8. The minimum atomic E-state index is -0.390. The molecule has 1 atom stereocenters. The van der Waals surface area contributed by atoms with E-state index >= 15 is 0 Å². The minimum absolute atomic E-state index is 0.0353. The molecule has 0 N–H and O–H groups in total. The van der Waals surface area contributed by atoms with Crippen LogP contribution in [0, 0.1) is 13.8 Å². The zero-order chi connectivity index (χ0) is 17.4. The first kappa shape index (κ1) is 16.4. The number of hydrogen-bond donors (Lipinski definition) is 0. The van der Waals surface area contributed by atoms with E-state index in [1.807, 2.05) is 36.7 Å². The molecular formula is C17H17N3O3S2. The van der Waals surface area contributed by atoms with Crippen LogP contribution in [0.5, 0.6) is 0 Å². The highest BCUT2D eigenvalue weighted by Gasteiger charge is 2.31. The Morgan fingerprint density at radius 3 is 2.96 bits per heavy atom. The fourth-order valence-corrected chi connectivity index (χ4v) is 4.26. The van der Waals surface area contributed by atoms with E-state index in [2.05, 4.69) is 10.1 Å². The van der Waals surface area contributed by atoms with Gasteiger partial charge in [0.15, 0.2) is 6.10 Å². The van der Waals surface area contributed by atoms with E-state index < -0.39 is 0 Å². The Morgan fingerprint density at radius 2 is 2.24 bits per heavy atom. The number of aryl methyl sites for hydroxylation is 1. The highest BCUT2D eigenvalue weighted by Crippen LogP contribution is 2.28. The Morgan fingerprint density at radius 1 is 1.36 bits per heavy atom. The third kappa shape index (κ3) is 3.12. The van der Waals surface area contributed by atoms with Gasteiger partial charge in [0.1, 0.15) is 0 Å². The van der Waals surface area contributed by atoms with Gasteiger partial charge in [-0.25, -0.2) is 0 Å². The predicted octanol–water partition coefficient (Wildman–Crippen LogP) is 3.69. The maximum Gasteiger partial charge on any atom is 0.257 e. The first-order valence-corrected chi connectivity index (χ1v) is 9.72. The van der Waals surface area contributed by atoms with Crippen molar-refractivity contribution in [1.82, 2.24) is 15.0 Å². The van der Waals surface area contributed by atoms with Gasteiger partial charge in [0.25, 0.3) is 11.8 Å². The van der Waals surface area contributed by atoms with Gasteiger partial charge in [-0.15, -0.1) is 22.7 Å². The molecule has 25 heavy (non-hydrogen) atoms. The van der Waals surface area contributed by atoms with Gasteiger partial charge in [-0.1, -0.05) is 11.2 Å². The van der Waals surface area contributed by atoms with Crippen LogP contribution in [0.2, 0.25) is 0 Å². The van der Waals surface area contributed by atoms with E-state index in [9.17, 15) is 4.79 Å². The van der Waals surface area contributed by atoms with Crippen molar-refractivity contribution in [2.75, 3.05) is 19.7 Å². The molecule has 8 heteroatoms. The summed E-state index contributed by atoms with van der Waals surface area (Å²) in [4.78, 5) is 21.2. The molecule has 0 unspecified atom stereocenters. The van der Waals surface area contributed by atoms with Gasteiger partial charge in [-0.2, -0.15) is 4.98 Å². The summed E-state index contributed by atoms with van der Waals surface area (Å²) in [5.74, 6) is 1.01. The van der Waals surface area contributed by atoms with E-state index in [4.69, 9.17) is 9.26 Å². The highest BCUT2D eigenvalue weighted by molar-refractivity contribution is 7.13. The molecule has 3 aromatic heterocycles. The number of hydrogen-bond acceptors (Lipinski definition) is 7. The van der Waals surface area contributed by atoms with Crippen LogP contribution in [0.25, 0.3) is 10.7 Å².